The highest BCUT2D eigenvalue weighted by Crippen LogP contribution is 2.51. The van der Waals surface area contributed by atoms with Gasteiger partial charge in [0.15, 0.2) is 9.84 Å². The van der Waals surface area contributed by atoms with Gasteiger partial charge < -0.3 is 4.79 Å². The molecule has 8 heteroatoms. The predicted octanol–water partition coefficient (Wildman–Crippen LogP) is 4.25. The molecule has 4 nitrogen and oxygen atoms in total. The fraction of sp³-hybridized carbons (Fsp3) is 0.300. The maximum atomic E-state index is 14.7. The molecule has 1 saturated carbocycles. The SMILES string of the molecule is CC1(C=O)CC(c2cc(F)ccc2F)(S(=O)(=O)c2ccc(Cl)cc2)CCC1=O. The molecule has 3 rings (SSSR count). The van der Waals surface area contributed by atoms with E-state index in [4.69, 9.17) is 11.6 Å². The Kier molecular flexibility index (Phi) is 5.18. The van der Waals surface area contributed by atoms with Gasteiger partial charge in [-0.25, -0.2) is 17.2 Å². The molecule has 0 spiro atoms. The van der Waals surface area contributed by atoms with Crippen LogP contribution in [0.1, 0.15) is 31.7 Å². The van der Waals surface area contributed by atoms with Gasteiger partial charge in [-0.1, -0.05) is 11.6 Å². The van der Waals surface area contributed by atoms with Crippen molar-refractivity contribution >= 4 is 33.5 Å². The van der Waals surface area contributed by atoms with Gasteiger partial charge in [0.1, 0.15) is 28.5 Å². The molecule has 0 N–H and O–H groups in total. The Morgan fingerprint density at radius 3 is 2.36 bits per heavy atom. The molecular formula is C20H17ClF2O4S. The molecule has 28 heavy (non-hydrogen) atoms. The Labute approximate surface area is 166 Å². The quantitative estimate of drug-likeness (QED) is 0.541. The van der Waals surface area contributed by atoms with Crippen LogP contribution in [0.2, 0.25) is 5.02 Å². The summed E-state index contributed by atoms with van der Waals surface area (Å²) in [5, 5.41) is 0.307. The zero-order chi connectivity index (χ0) is 20.7. The standard InChI is InChI=1S/C20H17ClF2O4S/c1-19(12-24)11-20(9-8-18(19)25,16-10-14(22)4-7-17(16)23)28(26,27)15-5-2-13(21)3-6-15/h2-7,10,12H,8-9,11H2,1H3. The summed E-state index contributed by atoms with van der Waals surface area (Å²) in [7, 11) is -4.31. The van der Waals surface area contributed by atoms with Crippen molar-refractivity contribution in [1.29, 1.82) is 0 Å². The lowest BCUT2D eigenvalue weighted by Crippen LogP contribution is -2.49. The average molecular weight is 427 g/mol. The summed E-state index contributed by atoms with van der Waals surface area (Å²) in [6.45, 7) is 1.32. The summed E-state index contributed by atoms with van der Waals surface area (Å²) < 4.78 is 54.0. The van der Waals surface area contributed by atoms with Crippen LogP contribution in [-0.4, -0.2) is 20.5 Å². The van der Waals surface area contributed by atoms with Crippen LogP contribution in [0.4, 0.5) is 8.78 Å². The van der Waals surface area contributed by atoms with Crippen LogP contribution in [0.3, 0.4) is 0 Å². The van der Waals surface area contributed by atoms with Gasteiger partial charge in [0.25, 0.3) is 0 Å². The van der Waals surface area contributed by atoms with Crippen molar-refractivity contribution in [2.45, 2.75) is 35.8 Å². The van der Waals surface area contributed by atoms with E-state index in [9.17, 15) is 26.8 Å². The van der Waals surface area contributed by atoms with Crippen molar-refractivity contribution in [2.24, 2.45) is 5.41 Å². The smallest absolute Gasteiger partial charge is 0.188 e. The first kappa shape index (κ1) is 20.6. The van der Waals surface area contributed by atoms with Gasteiger partial charge in [0.05, 0.1) is 10.3 Å². The molecule has 2 unspecified atom stereocenters. The molecule has 0 heterocycles. The Morgan fingerprint density at radius 2 is 1.75 bits per heavy atom. The monoisotopic (exact) mass is 426 g/mol. The summed E-state index contributed by atoms with van der Waals surface area (Å²) in [6.07, 6.45) is -0.607. The first-order valence-electron chi connectivity index (χ1n) is 8.51. The van der Waals surface area contributed by atoms with Crippen LogP contribution < -0.4 is 0 Å². The summed E-state index contributed by atoms with van der Waals surface area (Å²) >= 11 is 5.84. The molecule has 1 aliphatic rings. The molecule has 148 valence electrons. The molecule has 1 fully saturated rings. The van der Waals surface area contributed by atoms with Crippen LogP contribution in [0, 0.1) is 17.0 Å². The normalized spacial score (nSPS) is 25.5. The van der Waals surface area contributed by atoms with Crippen molar-refractivity contribution in [1.82, 2.24) is 0 Å². The van der Waals surface area contributed by atoms with Crippen LogP contribution in [0.25, 0.3) is 0 Å². The Balaban J connectivity index is 2.32. The Hall–Kier alpha value is -2.12. The maximum absolute atomic E-state index is 14.7. The molecule has 0 aromatic heterocycles. The van der Waals surface area contributed by atoms with Gasteiger partial charge in [0.2, 0.25) is 0 Å². The number of Topliss-reactive ketones (excluding diaryl/α,β-unsaturated/α-hetero) is 1. The molecule has 0 aliphatic heterocycles. The maximum Gasteiger partial charge on any atom is 0.188 e. The minimum absolute atomic E-state index is 0.150. The van der Waals surface area contributed by atoms with Crippen molar-refractivity contribution in [3.05, 3.63) is 64.7 Å². The molecule has 2 aromatic carbocycles. The van der Waals surface area contributed by atoms with E-state index < -0.39 is 43.8 Å². The third-order valence-corrected chi connectivity index (χ3v) is 8.11. The van der Waals surface area contributed by atoms with E-state index in [1.54, 1.807) is 0 Å². The number of aldehydes is 1. The molecule has 0 amide bonds. The van der Waals surface area contributed by atoms with Gasteiger partial charge in [0, 0.05) is 17.0 Å². The number of benzene rings is 2. The Morgan fingerprint density at radius 1 is 1.11 bits per heavy atom. The highest BCUT2D eigenvalue weighted by molar-refractivity contribution is 7.92. The number of hydrogen-bond acceptors (Lipinski definition) is 4. The second-order valence-electron chi connectivity index (χ2n) is 7.21. The van der Waals surface area contributed by atoms with Gasteiger partial charge in [-0.3, -0.25) is 4.79 Å². The van der Waals surface area contributed by atoms with E-state index >= 15 is 0 Å². The van der Waals surface area contributed by atoms with E-state index in [1.807, 2.05) is 0 Å². The molecule has 1 aliphatic carbocycles. The summed E-state index contributed by atoms with van der Waals surface area (Å²) in [4.78, 5) is 23.8. The first-order valence-corrected chi connectivity index (χ1v) is 10.4. The number of carbonyl (C=O) groups excluding carboxylic acids is 2. The minimum Gasteiger partial charge on any atom is -0.302 e. The fourth-order valence-electron chi connectivity index (χ4n) is 3.78. The van der Waals surface area contributed by atoms with Crippen molar-refractivity contribution in [2.75, 3.05) is 0 Å². The van der Waals surface area contributed by atoms with Crippen LogP contribution in [0.15, 0.2) is 47.4 Å². The lowest BCUT2D eigenvalue weighted by Gasteiger charge is -2.42. The van der Waals surface area contributed by atoms with E-state index in [0.717, 1.165) is 18.2 Å². The van der Waals surface area contributed by atoms with Gasteiger partial charge >= 0.3 is 0 Å². The van der Waals surface area contributed by atoms with Crippen molar-refractivity contribution in [3.8, 4) is 0 Å². The van der Waals surface area contributed by atoms with E-state index in [1.165, 1.54) is 31.2 Å². The number of ketones is 1. The fourth-order valence-corrected chi connectivity index (χ4v) is 6.16. The van der Waals surface area contributed by atoms with Crippen LogP contribution in [-0.2, 0) is 24.2 Å². The molecule has 2 atom stereocenters. The molecular weight excluding hydrogens is 410 g/mol. The van der Waals surface area contributed by atoms with Gasteiger partial charge in [-0.2, -0.15) is 0 Å². The topological polar surface area (TPSA) is 68.3 Å². The summed E-state index contributed by atoms with van der Waals surface area (Å²) in [6, 6.07) is 7.83. The second kappa shape index (κ2) is 7.04. The molecule has 0 radical (unpaired) electrons. The van der Waals surface area contributed by atoms with E-state index in [2.05, 4.69) is 0 Å². The van der Waals surface area contributed by atoms with E-state index in [-0.39, 0.29) is 23.3 Å². The third-order valence-electron chi connectivity index (χ3n) is 5.36. The second-order valence-corrected chi connectivity index (χ2v) is 9.91. The lowest BCUT2D eigenvalue weighted by atomic mass is 9.68. The zero-order valence-corrected chi connectivity index (χ0v) is 16.5. The number of sulfone groups is 1. The largest absolute Gasteiger partial charge is 0.302 e. The van der Waals surface area contributed by atoms with E-state index in [0.29, 0.717) is 11.3 Å². The lowest BCUT2D eigenvalue weighted by molar-refractivity contribution is -0.137. The first-order chi connectivity index (χ1) is 13.1. The summed E-state index contributed by atoms with van der Waals surface area (Å²) in [5.41, 5.74) is -2.01. The predicted molar refractivity (Wildman–Crippen MR) is 99.7 cm³/mol. The van der Waals surface area contributed by atoms with Gasteiger partial charge in [-0.05, 0) is 62.2 Å². The molecule has 0 saturated heterocycles. The minimum atomic E-state index is -4.31. The highest BCUT2D eigenvalue weighted by atomic mass is 35.5. The van der Waals surface area contributed by atoms with Crippen LogP contribution >= 0.6 is 11.6 Å². The van der Waals surface area contributed by atoms with Crippen molar-refractivity contribution in [3.63, 3.8) is 0 Å². The molecule has 0 bridgehead atoms. The number of halogens is 3. The Bertz CT molecular complexity index is 1050. The molecule has 2 aromatic rings. The number of carbonyl (C=O) groups is 2. The van der Waals surface area contributed by atoms with Gasteiger partial charge in [-0.15, -0.1) is 0 Å². The highest BCUT2D eigenvalue weighted by Gasteiger charge is 2.56. The summed E-state index contributed by atoms with van der Waals surface area (Å²) in [5.74, 6) is -2.16. The average Bonchev–Trinajstić information content (AvgIpc) is 2.66. The zero-order valence-electron chi connectivity index (χ0n) is 14.9. The third kappa shape index (κ3) is 3.16. The number of rotatable bonds is 4. The van der Waals surface area contributed by atoms with Crippen molar-refractivity contribution < 1.29 is 26.8 Å². The van der Waals surface area contributed by atoms with Crippen LogP contribution in [0.5, 0.6) is 0 Å². The number of hydrogen-bond donors (Lipinski definition) is 0.